The van der Waals surface area contributed by atoms with Crippen LogP contribution in [0.2, 0.25) is 0 Å². The molecule has 1 aromatic carbocycles. The van der Waals surface area contributed by atoms with E-state index in [1.54, 1.807) is 0 Å². The van der Waals surface area contributed by atoms with Gasteiger partial charge in [0.15, 0.2) is 0 Å². The third kappa shape index (κ3) is 4.80. The molecule has 0 spiro atoms. The average Bonchev–Trinajstić information content (AvgIpc) is 2.46. The number of aryl methyl sites for hydroxylation is 1. The Balaban J connectivity index is 2.91. The molecule has 114 valence electrons. The molecule has 0 heterocycles. The minimum Gasteiger partial charge on any atom is -0.326 e. The lowest BCUT2D eigenvalue weighted by molar-refractivity contribution is 0.155. The maximum Gasteiger partial charge on any atom is 0.0498 e. The highest BCUT2D eigenvalue weighted by Crippen LogP contribution is 2.27. The van der Waals surface area contributed by atoms with E-state index < -0.39 is 0 Å². The van der Waals surface area contributed by atoms with E-state index in [0.29, 0.717) is 12.1 Å². The summed E-state index contributed by atoms with van der Waals surface area (Å²) in [5, 5.41) is 0. The Morgan fingerprint density at radius 1 is 1.25 bits per heavy atom. The highest BCUT2D eigenvalue weighted by atomic mass is 32.2. The zero-order valence-corrected chi connectivity index (χ0v) is 14.4. The van der Waals surface area contributed by atoms with E-state index in [0.717, 1.165) is 6.42 Å². The molecule has 0 fully saturated rings. The summed E-state index contributed by atoms with van der Waals surface area (Å²) >= 11 is 1.91. The van der Waals surface area contributed by atoms with Crippen LogP contribution in [0.3, 0.4) is 0 Å². The molecule has 0 aliphatic carbocycles. The standard InChI is InChI=1S/C17H30N2S/c1-6-16(18)17(15-9-7-13(2)8-10-15)19(4)14(3)11-12-20-5/h7-10,14,16-17H,6,11-12,18H2,1-5H3. The monoisotopic (exact) mass is 294 g/mol. The maximum atomic E-state index is 6.41. The van der Waals surface area contributed by atoms with Crippen molar-refractivity contribution in [2.75, 3.05) is 19.1 Å². The zero-order valence-electron chi connectivity index (χ0n) is 13.6. The second-order valence-corrected chi connectivity index (χ2v) is 6.71. The van der Waals surface area contributed by atoms with Gasteiger partial charge in [-0.25, -0.2) is 0 Å². The van der Waals surface area contributed by atoms with Gasteiger partial charge in [0.05, 0.1) is 0 Å². The minimum absolute atomic E-state index is 0.180. The number of likely N-dealkylation sites (N-methyl/N-ethyl adjacent to an activating group) is 1. The van der Waals surface area contributed by atoms with E-state index in [9.17, 15) is 0 Å². The van der Waals surface area contributed by atoms with Crippen molar-refractivity contribution in [3.05, 3.63) is 35.4 Å². The van der Waals surface area contributed by atoms with E-state index >= 15 is 0 Å². The lowest BCUT2D eigenvalue weighted by Gasteiger charge is -2.37. The Morgan fingerprint density at radius 3 is 2.35 bits per heavy atom. The predicted molar refractivity (Wildman–Crippen MR) is 92.4 cm³/mol. The smallest absolute Gasteiger partial charge is 0.0498 e. The molecule has 3 unspecified atom stereocenters. The van der Waals surface area contributed by atoms with Crippen LogP contribution in [0.25, 0.3) is 0 Å². The van der Waals surface area contributed by atoms with Gasteiger partial charge in [0.2, 0.25) is 0 Å². The van der Waals surface area contributed by atoms with Gasteiger partial charge in [0.25, 0.3) is 0 Å². The fourth-order valence-electron chi connectivity index (χ4n) is 2.54. The second kappa shape index (κ2) is 8.71. The third-order valence-electron chi connectivity index (χ3n) is 4.17. The summed E-state index contributed by atoms with van der Waals surface area (Å²) in [7, 11) is 2.21. The van der Waals surface area contributed by atoms with Gasteiger partial charge in [0, 0.05) is 18.1 Å². The van der Waals surface area contributed by atoms with Crippen molar-refractivity contribution >= 4 is 11.8 Å². The fraction of sp³-hybridized carbons (Fsp3) is 0.647. The summed E-state index contributed by atoms with van der Waals surface area (Å²) in [6.07, 6.45) is 4.37. The van der Waals surface area contributed by atoms with E-state index in [1.807, 2.05) is 11.8 Å². The number of hydrogen-bond acceptors (Lipinski definition) is 3. The van der Waals surface area contributed by atoms with Gasteiger partial charge in [-0.05, 0) is 51.3 Å². The quantitative estimate of drug-likeness (QED) is 0.789. The van der Waals surface area contributed by atoms with Crippen LogP contribution in [0, 0.1) is 6.92 Å². The van der Waals surface area contributed by atoms with E-state index in [-0.39, 0.29) is 6.04 Å². The van der Waals surface area contributed by atoms with Gasteiger partial charge < -0.3 is 5.73 Å². The van der Waals surface area contributed by atoms with Crippen molar-refractivity contribution in [3.8, 4) is 0 Å². The molecule has 1 rings (SSSR count). The number of thioether (sulfide) groups is 1. The highest BCUT2D eigenvalue weighted by Gasteiger charge is 2.26. The molecule has 0 aromatic heterocycles. The highest BCUT2D eigenvalue weighted by molar-refractivity contribution is 7.98. The lowest BCUT2D eigenvalue weighted by Crippen LogP contribution is -2.43. The molecule has 3 atom stereocenters. The van der Waals surface area contributed by atoms with Gasteiger partial charge in [0.1, 0.15) is 0 Å². The van der Waals surface area contributed by atoms with Crippen LogP contribution in [-0.4, -0.2) is 36.0 Å². The number of nitrogens with zero attached hydrogens (tertiary/aromatic N) is 1. The maximum absolute atomic E-state index is 6.41. The van der Waals surface area contributed by atoms with Crippen molar-refractivity contribution in [1.82, 2.24) is 4.90 Å². The Kier molecular flexibility index (Phi) is 7.63. The van der Waals surface area contributed by atoms with Crippen LogP contribution < -0.4 is 5.73 Å². The Morgan fingerprint density at radius 2 is 1.85 bits per heavy atom. The molecular weight excluding hydrogens is 264 g/mol. The van der Waals surface area contributed by atoms with Crippen LogP contribution in [0.15, 0.2) is 24.3 Å². The number of rotatable bonds is 8. The third-order valence-corrected chi connectivity index (χ3v) is 4.81. The molecule has 1 aromatic rings. The van der Waals surface area contributed by atoms with E-state index in [2.05, 4.69) is 63.2 Å². The Hall–Kier alpha value is -0.510. The van der Waals surface area contributed by atoms with Gasteiger partial charge in [-0.3, -0.25) is 4.90 Å². The average molecular weight is 295 g/mol. The van der Waals surface area contributed by atoms with Crippen LogP contribution in [0.1, 0.15) is 43.9 Å². The molecule has 0 aliphatic heterocycles. The summed E-state index contributed by atoms with van der Waals surface area (Å²) in [5.41, 5.74) is 9.05. The number of hydrogen-bond donors (Lipinski definition) is 1. The molecule has 0 saturated heterocycles. The van der Waals surface area contributed by atoms with Crippen molar-refractivity contribution in [2.24, 2.45) is 5.73 Å². The van der Waals surface area contributed by atoms with Gasteiger partial charge in [-0.2, -0.15) is 11.8 Å². The molecule has 2 N–H and O–H groups in total. The Labute approximate surface area is 129 Å². The first-order chi connectivity index (χ1) is 9.51. The second-order valence-electron chi connectivity index (χ2n) is 5.72. The molecule has 2 nitrogen and oxygen atoms in total. The van der Waals surface area contributed by atoms with Crippen molar-refractivity contribution < 1.29 is 0 Å². The van der Waals surface area contributed by atoms with Crippen molar-refractivity contribution in [2.45, 2.75) is 51.7 Å². The van der Waals surface area contributed by atoms with Crippen LogP contribution in [0.4, 0.5) is 0 Å². The zero-order chi connectivity index (χ0) is 15.1. The molecule has 0 aliphatic rings. The SMILES string of the molecule is CCC(N)C(c1ccc(C)cc1)N(C)C(C)CCSC. The first kappa shape index (κ1) is 17.5. The summed E-state index contributed by atoms with van der Waals surface area (Å²) in [6, 6.07) is 9.86. The molecule has 20 heavy (non-hydrogen) atoms. The minimum atomic E-state index is 0.180. The first-order valence-electron chi connectivity index (χ1n) is 7.54. The molecule has 0 radical (unpaired) electrons. The van der Waals surface area contributed by atoms with Gasteiger partial charge in [-0.15, -0.1) is 0 Å². The van der Waals surface area contributed by atoms with Crippen molar-refractivity contribution in [3.63, 3.8) is 0 Å². The number of nitrogens with two attached hydrogens (primary N) is 1. The molecule has 3 heteroatoms. The first-order valence-corrected chi connectivity index (χ1v) is 8.93. The summed E-state index contributed by atoms with van der Waals surface area (Å²) in [4.78, 5) is 2.45. The van der Waals surface area contributed by atoms with Crippen LogP contribution in [-0.2, 0) is 0 Å². The summed E-state index contributed by atoms with van der Waals surface area (Å²) in [5.74, 6) is 1.20. The largest absolute Gasteiger partial charge is 0.326 e. The molecule has 0 saturated carbocycles. The number of benzene rings is 1. The Bertz CT molecular complexity index is 377. The van der Waals surface area contributed by atoms with E-state index in [4.69, 9.17) is 5.73 Å². The normalized spacial score (nSPS) is 16.1. The molecular formula is C17H30N2S. The molecule has 0 amide bonds. The summed E-state index contributed by atoms with van der Waals surface area (Å²) in [6.45, 7) is 6.61. The van der Waals surface area contributed by atoms with Gasteiger partial charge in [-0.1, -0.05) is 36.8 Å². The predicted octanol–water partition coefficient (Wildman–Crippen LogP) is 3.85. The van der Waals surface area contributed by atoms with Crippen LogP contribution in [0.5, 0.6) is 0 Å². The van der Waals surface area contributed by atoms with E-state index in [1.165, 1.54) is 23.3 Å². The van der Waals surface area contributed by atoms with Crippen molar-refractivity contribution in [1.29, 1.82) is 0 Å². The molecule has 0 bridgehead atoms. The lowest BCUT2D eigenvalue weighted by atomic mass is 9.94. The van der Waals surface area contributed by atoms with Crippen LogP contribution >= 0.6 is 11.8 Å². The van der Waals surface area contributed by atoms with Gasteiger partial charge >= 0.3 is 0 Å². The topological polar surface area (TPSA) is 29.3 Å². The fourth-order valence-corrected chi connectivity index (χ4v) is 3.11. The summed E-state index contributed by atoms with van der Waals surface area (Å²) < 4.78 is 0.